The lowest BCUT2D eigenvalue weighted by Crippen LogP contribution is -2.29. The molecule has 0 aliphatic rings. The Kier molecular flexibility index (Phi) is 7.83. The molecule has 1 atom stereocenters. The third-order valence-corrected chi connectivity index (χ3v) is 3.04. The number of ether oxygens (including phenoxy) is 4. The maximum absolute atomic E-state index is 11.7. The van der Waals surface area contributed by atoms with Gasteiger partial charge in [0.2, 0.25) is 6.10 Å². The van der Waals surface area contributed by atoms with Crippen molar-refractivity contribution < 1.29 is 38.3 Å². The van der Waals surface area contributed by atoms with E-state index in [4.69, 9.17) is 9.47 Å². The van der Waals surface area contributed by atoms with E-state index in [9.17, 15) is 24.5 Å². The van der Waals surface area contributed by atoms with Crippen LogP contribution < -0.4 is 0 Å². The minimum atomic E-state index is -1.31. The Hall–Kier alpha value is -3.17. The van der Waals surface area contributed by atoms with Crippen LogP contribution in [0.3, 0.4) is 0 Å². The Morgan fingerprint density at radius 2 is 1.76 bits per heavy atom. The number of rotatable bonds is 8. The van der Waals surface area contributed by atoms with Gasteiger partial charge in [-0.25, -0.2) is 9.59 Å². The standard InChI is InChI=1S/C15H17NO9/c1-22-13(17)8-7-12(14(18)23-2)25-15(19)24-9-10-3-5-11(6-4-10)16(20)21/h3-6,12H,7-9H2,1-2H3. The summed E-state index contributed by atoms with van der Waals surface area (Å²) in [6.45, 7) is -0.207. The van der Waals surface area contributed by atoms with Crippen molar-refractivity contribution in [2.75, 3.05) is 14.2 Å². The van der Waals surface area contributed by atoms with Crippen molar-refractivity contribution in [3.05, 3.63) is 39.9 Å². The summed E-state index contributed by atoms with van der Waals surface area (Å²) in [5.41, 5.74) is 0.395. The molecule has 1 rings (SSSR count). The molecule has 25 heavy (non-hydrogen) atoms. The molecule has 0 spiro atoms. The van der Waals surface area contributed by atoms with Crippen LogP contribution in [0, 0.1) is 10.1 Å². The van der Waals surface area contributed by atoms with Crippen molar-refractivity contribution in [2.24, 2.45) is 0 Å². The van der Waals surface area contributed by atoms with E-state index in [1.165, 1.54) is 31.4 Å². The first-order valence-corrected chi connectivity index (χ1v) is 7.08. The molecule has 1 unspecified atom stereocenters. The highest BCUT2D eigenvalue weighted by Gasteiger charge is 2.25. The van der Waals surface area contributed by atoms with Gasteiger partial charge in [0.15, 0.2) is 0 Å². The Labute approximate surface area is 142 Å². The number of nitro benzene ring substituents is 1. The van der Waals surface area contributed by atoms with E-state index in [-0.39, 0.29) is 25.1 Å². The summed E-state index contributed by atoms with van der Waals surface area (Å²) in [5.74, 6) is -1.41. The van der Waals surface area contributed by atoms with Gasteiger partial charge in [-0.2, -0.15) is 0 Å². The van der Waals surface area contributed by atoms with Crippen LogP contribution in [-0.2, 0) is 35.1 Å². The van der Waals surface area contributed by atoms with Gasteiger partial charge < -0.3 is 18.9 Å². The lowest BCUT2D eigenvalue weighted by atomic mass is 10.2. The van der Waals surface area contributed by atoms with E-state index in [2.05, 4.69) is 9.47 Å². The number of hydrogen-bond donors (Lipinski definition) is 0. The van der Waals surface area contributed by atoms with Crippen molar-refractivity contribution in [3.8, 4) is 0 Å². The first-order chi connectivity index (χ1) is 11.9. The number of nitro groups is 1. The highest BCUT2D eigenvalue weighted by Crippen LogP contribution is 2.13. The van der Waals surface area contributed by atoms with E-state index in [1.54, 1.807) is 0 Å². The molecular formula is C15H17NO9. The average molecular weight is 355 g/mol. The molecular weight excluding hydrogens is 338 g/mol. The zero-order valence-corrected chi connectivity index (χ0v) is 13.6. The SMILES string of the molecule is COC(=O)CCC(OC(=O)OCc1ccc([N+](=O)[O-])cc1)C(=O)OC. The zero-order chi connectivity index (χ0) is 18.8. The van der Waals surface area contributed by atoms with Crippen molar-refractivity contribution >= 4 is 23.8 Å². The van der Waals surface area contributed by atoms with Gasteiger partial charge in [0.1, 0.15) is 6.61 Å². The van der Waals surface area contributed by atoms with Crippen LogP contribution in [-0.4, -0.2) is 43.3 Å². The van der Waals surface area contributed by atoms with Gasteiger partial charge in [-0.05, 0) is 17.7 Å². The molecule has 0 aliphatic heterocycles. The van der Waals surface area contributed by atoms with E-state index >= 15 is 0 Å². The van der Waals surface area contributed by atoms with Gasteiger partial charge in [-0.15, -0.1) is 0 Å². The lowest BCUT2D eigenvalue weighted by molar-refractivity contribution is -0.384. The molecule has 0 aromatic heterocycles. The molecule has 1 aromatic carbocycles. The fourth-order valence-corrected chi connectivity index (χ4v) is 1.71. The topological polar surface area (TPSA) is 131 Å². The predicted octanol–water partition coefficient (Wildman–Crippen LogP) is 1.74. The summed E-state index contributed by atoms with van der Waals surface area (Å²) >= 11 is 0. The summed E-state index contributed by atoms with van der Waals surface area (Å²) in [6, 6.07) is 5.36. The van der Waals surface area contributed by atoms with Crippen LogP contribution in [0.15, 0.2) is 24.3 Å². The minimum Gasteiger partial charge on any atom is -0.469 e. The Balaban J connectivity index is 2.54. The van der Waals surface area contributed by atoms with Gasteiger partial charge in [0.05, 0.1) is 19.1 Å². The number of nitrogens with zero attached hydrogens (tertiary/aromatic N) is 1. The molecule has 10 heteroatoms. The second kappa shape index (κ2) is 9.85. The molecule has 0 saturated carbocycles. The van der Waals surface area contributed by atoms with Crippen LogP contribution in [0.4, 0.5) is 10.5 Å². The number of benzene rings is 1. The van der Waals surface area contributed by atoms with Crippen LogP contribution >= 0.6 is 0 Å². The first kappa shape index (κ1) is 19.9. The number of hydrogen-bond acceptors (Lipinski definition) is 9. The van der Waals surface area contributed by atoms with Crippen molar-refractivity contribution in [1.29, 1.82) is 0 Å². The molecule has 1 aromatic rings. The van der Waals surface area contributed by atoms with Crippen molar-refractivity contribution in [2.45, 2.75) is 25.6 Å². The number of carbonyl (C=O) groups is 3. The van der Waals surface area contributed by atoms with Gasteiger partial charge >= 0.3 is 18.1 Å². The normalized spacial score (nSPS) is 11.1. The Morgan fingerprint density at radius 3 is 2.28 bits per heavy atom. The van der Waals surface area contributed by atoms with Gasteiger partial charge in [-0.3, -0.25) is 14.9 Å². The lowest BCUT2D eigenvalue weighted by Gasteiger charge is -2.15. The molecule has 10 nitrogen and oxygen atoms in total. The Morgan fingerprint density at radius 1 is 1.12 bits per heavy atom. The predicted molar refractivity (Wildman–Crippen MR) is 81.4 cm³/mol. The van der Waals surface area contributed by atoms with E-state index in [0.717, 1.165) is 7.11 Å². The van der Waals surface area contributed by atoms with E-state index in [0.29, 0.717) is 5.56 Å². The first-order valence-electron chi connectivity index (χ1n) is 7.08. The van der Waals surface area contributed by atoms with E-state index < -0.39 is 29.1 Å². The number of non-ortho nitro benzene ring substituents is 1. The molecule has 0 heterocycles. The highest BCUT2D eigenvalue weighted by molar-refractivity contribution is 5.78. The maximum Gasteiger partial charge on any atom is 0.509 e. The Bertz CT molecular complexity index is 626. The molecule has 0 N–H and O–H groups in total. The van der Waals surface area contributed by atoms with E-state index in [1.807, 2.05) is 0 Å². The summed E-state index contributed by atoms with van der Waals surface area (Å²) in [5, 5.41) is 10.5. The molecule has 136 valence electrons. The highest BCUT2D eigenvalue weighted by atomic mass is 16.7. The molecule has 0 saturated heterocycles. The van der Waals surface area contributed by atoms with Crippen molar-refractivity contribution in [1.82, 2.24) is 0 Å². The quantitative estimate of drug-likeness (QED) is 0.296. The second-order valence-electron chi connectivity index (χ2n) is 4.71. The van der Waals surface area contributed by atoms with Crippen LogP contribution in [0.25, 0.3) is 0 Å². The third-order valence-electron chi connectivity index (χ3n) is 3.04. The monoisotopic (exact) mass is 355 g/mol. The smallest absolute Gasteiger partial charge is 0.469 e. The second-order valence-corrected chi connectivity index (χ2v) is 4.71. The number of methoxy groups -OCH3 is 2. The third kappa shape index (κ3) is 6.85. The molecule has 0 bridgehead atoms. The number of esters is 2. The van der Waals surface area contributed by atoms with Gasteiger partial charge in [0, 0.05) is 25.0 Å². The van der Waals surface area contributed by atoms with Gasteiger partial charge in [-0.1, -0.05) is 0 Å². The number of carbonyl (C=O) groups excluding carboxylic acids is 3. The molecule has 0 radical (unpaired) electrons. The molecule has 0 aliphatic carbocycles. The average Bonchev–Trinajstić information content (AvgIpc) is 2.62. The fraction of sp³-hybridized carbons (Fsp3) is 0.400. The van der Waals surface area contributed by atoms with Crippen molar-refractivity contribution in [3.63, 3.8) is 0 Å². The van der Waals surface area contributed by atoms with Crippen LogP contribution in [0.1, 0.15) is 18.4 Å². The minimum absolute atomic E-state index is 0.0973. The summed E-state index contributed by atoms with van der Waals surface area (Å²) in [6.07, 6.45) is -2.72. The van der Waals surface area contributed by atoms with Gasteiger partial charge in [0.25, 0.3) is 5.69 Å². The molecule has 0 fully saturated rings. The van der Waals surface area contributed by atoms with Crippen LogP contribution in [0.5, 0.6) is 0 Å². The summed E-state index contributed by atoms with van der Waals surface area (Å²) in [4.78, 5) is 44.3. The fourth-order valence-electron chi connectivity index (χ4n) is 1.71. The molecule has 0 amide bonds. The summed E-state index contributed by atoms with van der Waals surface area (Å²) < 4.78 is 18.6. The zero-order valence-electron chi connectivity index (χ0n) is 13.6. The largest absolute Gasteiger partial charge is 0.509 e. The van der Waals surface area contributed by atoms with Crippen LogP contribution in [0.2, 0.25) is 0 Å². The maximum atomic E-state index is 11.7. The summed E-state index contributed by atoms with van der Waals surface area (Å²) in [7, 11) is 2.30.